The van der Waals surface area contributed by atoms with E-state index in [-0.39, 0.29) is 24.0 Å². The molecule has 5 nitrogen and oxygen atoms in total. The summed E-state index contributed by atoms with van der Waals surface area (Å²) in [5, 5.41) is 10.8. The summed E-state index contributed by atoms with van der Waals surface area (Å²) in [5.74, 6) is 1.76. The van der Waals surface area contributed by atoms with Crippen LogP contribution in [0, 0.1) is 0 Å². The van der Waals surface area contributed by atoms with E-state index >= 15 is 0 Å². The molecule has 3 rings (SSSR count). The second-order valence-corrected chi connectivity index (χ2v) is 6.15. The van der Waals surface area contributed by atoms with E-state index in [1.54, 1.807) is 18.4 Å². The zero-order valence-corrected chi connectivity index (χ0v) is 17.2. The number of nitrogens with zero attached hydrogens (tertiary/aromatic N) is 3. The molecule has 2 N–H and O–H groups in total. The van der Waals surface area contributed by atoms with Gasteiger partial charge in [0.05, 0.1) is 6.54 Å². The molecule has 0 bridgehead atoms. The van der Waals surface area contributed by atoms with Crippen LogP contribution in [0.4, 0.5) is 0 Å². The van der Waals surface area contributed by atoms with Gasteiger partial charge in [0.2, 0.25) is 0 Å². The van der Waals surface area contributed by atoms with Crippen molar-refractivity contribution in [3.05, 3.63) is 76.5 Å². The predicted octanol–water partition coefficient (Wildman–Crippen LogP) is 3.48. The maximum absolute atomic E-state index is 4.45. The van der Waals surface area contributed by atoms with Crippen LogP contribution in [-0.4, -0.2) is 22.6 Å². The van der Waals surface area contributed by atoms with Crippen molar-refractivity contribution >= 4 is 41.3 Å². The van der Waals surface area contributed by atoms with Crippen LogP contribution in [0.1, 0.15) is 17.0 Å². The molecule has 0 radical (unpaired) electrons. The van der Waals surface area contributed by atoms with Crippen LogP contribution in [-0.2, 0) is 19.6 Å². The van der Waals surface area contributed by atoms with E-state index in [0.29, 0.717) is 6.54 Å². The Bertz CT molecular complexity index is 768. The van der Waals surface area contributed by atoms with Gasteiger partial charge in [0.1, 0.15) is 5.82 Å². The monoisotopic (exact) mass is 467 g/mol. The number of hydrogen-bond acceptors (Lipinski definition) is 3. The molecule has 132 valence electrons. The molecule has 0 saturated carbocycles. The number of nitrogens with one attached hydrogen (secondary N) is 2. The van der Waals surface area contributed by atoms with Gasteiger partial charge < -0.3 is 15.2 Å². The average Bonchev–Trinajstić information content (AvgIpc) is 3.28. The number of rotatable bonds is 6. The SMILES string of the molecule is CN=C(NCc1ccsc1)NCc1nccn1Cc1ccccc1.I. The maximum atomic E-state index is 4.45. The van der Waals surface area contributed by atoms with E-state index in [9.17, 15) is 0 Å². The number of imidazole rings is 1. The number of aliphatic imine (C=N–C) groups is 1. The van der Waals surface area contributed by atoms with Crippen molar-refractivity contribution in [2.45, 2.75) is 19.6 Å². The molecule has 25 heavy (non-hydrogen) atoms. The largest absolute Gasteiger partial charge is 0.352 e. The standard InChI is InChI=1S/C18H21N5S.HI/c1-19-18(21-11-16-7-10-24-14-16)22-12-17-20-8-9-23(17)13-15-5-3-2-4-6-15;/h2-10,14H,11-13H2,1H3,(H2,19,21,22);1H. The highest BCUT2D eigenvalue weighted by atomic mass is 127. The third-order valence-electron chi connectivity index (χ3n) is 3.68. The van der Waals surface area contributed by atoms with E-state index in [0.717, 1.165) is 24.9 Å². The van der Waals surface area contributed by atoms with Gasteiger partial charge in [-0.1, -0.05) is 30.3 Å². The molecule has 0 fully saturated rings. The summed E-state index contributed by atoms with van der Waals surface area (Å²) in [7, 11) is 1.78. The zero-order chi connectivity index (χ0) is 16.6. The molecule has 0 saturated heterocycles. The van der Waals surface area contributed by atoms with Crippen molar-refractivity contribution in [3.8, 4) is 0 Å². The Kier molecular flexibility index (Phi) is 7.93. The molecule has 2 heterocycles. The first kappa shape index (κ1) is 19.5. The van der Waals surface area contributed by atoms with Crippen molar-refractivity contribution in [2.24, 2.45) is 4.99 Å². The summed E-state index contributed by atoms with van der Waals surface area (Å²) < 4.78 is 2.15. The summed E-state index contributed by atoms with van der Waals surface area (Å²) in [6, 6.07) is 12.5. The number of thiophene rings is 1. The predicted molar refractivity (Wildman–Crippen MR) is 115 cm³/mol. The van der Waals surface area contributed by atoms with Crippen molar-refractivity contribution < 1.29 is 0 Å². The van der Waals surface area contributed by atoms with Gasteiger partial charge in [-0.05, 0) is 28.0 Å². The normalized spacial score (nSPS) is 11.0. The maximum Gasteiger partial charge on any atom is 0.191 e. The smallest absolute Gasteiger partial charge is 0.191 e. The molecule has 0 aliphatic rings. The minimum absolute atomic E-state index is 0. The molecule has 0 aliphatic carbocycles. The minimum Gasteiger partial charge on any atom is -0.352 e. The summed E-state index contributed by atoms with van der Waals surface area (Å²) in [6.07, 6.45) is 3.84. The lowest BCUT2D eigenvalue weighted by Gasteiger charge is -2.12. The molecule has 7 heteroatoms. The summed E-state index contributed by atoms with van der Waals surface area (Å²) in [4.78, 5) is 8.71. The number of guanidine groups is 1. The van der Waals surface area contributed by atoms with E-state index in [1.165, 1.54) is 11.1 Å². The quantitative estimate of drug-likeness (QED) is 0.332. The molecule has 0 amide bonds. The Balaban J connectivity index is 0.00000225. The second-order valence-electron chi connectivity index (χ2n) is 5.37. The molecule has 3 aromatic rings. The van der Waals surface area contributed by atoms with Gasteiger partial charge in [-0.15, -0.1) is 24.0 Å². The third-order valence-corrected chi connectivity index (χ3v) is 4.41. The third kappa shape index (κ3) is 5.86. The molecule has 0 atom stereocenters. The lowest BCUT2D eigenvalue weighted by atomic mass is 10.2. The molecule has 0 unspecified atom stereocenters. The van der Waals surface area contributed by atoms with Gasteiger partial charge in [0, 0.05) is 32.5 Å². The average molecular weight is 467 g/mol. The highest BCUT2D eigenvalue weighted by Gasteiger charge is 2.05. The first-order chi connectivity index (χ1) is 11.8. The molecular formula is C18H22IN5S. The number of halogens is 1. The van der Waals surface area contributed by atoms with Crippen LogP contribution in [0.15, 0.2) is 64.5 Å². The minimum atomic E-state index is 0. The Morgan fingerprint density at radius 1 is 1.12 bits per heavy atom. The fourth-order valence-corrected chi connectivity index (χ4v) is 3.06. The highest BCUT2D eigenvalue weighted by Crippen LogP contribution is 2.06. The van der Waals surface area contributed by atoms with Gasteiger partial charge in [-0.25, -0.2) is 4.98 Å². The van der Waals surface area contributed by atoms with E-state index in [2.05, 4.69) is 66.3 Å². The fourth-order valence-electron chi connectivity index (χ4n) is 2.39. The molecule has 0 aliphatic heterocycles. The number of aromatic nitrogens is 2. The van der Waals surface area contributed by atoms with Crippen LogP contribution in [0.5, 0.6) is 0 Å². The van der Waals surface area contributed by atoms with Crippen molar-refractivity contribution in [1.82, 2.24) is 20.2 Å². The zero-order valence-electron chi connectivity index (χ0n) is 14.1. The van der Waals surface area contributed by atoms with Crippen LogP contribution < -0.4 is 10.6 Å². The summed E-state index contributed by atoms with van der Waals surface area (Å²) in [6.45, 7) is 2.21. The molecular weight excluding hydrogens is 445 g/mol. The lowest BCUT2D eigenvalue weighted by molar-refractivity contribution is 0.688. The first-order valence-electron chi connectivity index (χ1n) is 7.84. The van der Waals surface area contributed by atoms with Gasteiger partial charge in [0.25, 0.3) is 0 Å². The van der Waals surface area contributed by atoms with Crippen molar-refractivity contribution in [1.29, 1.82) is 0 Å². The summed E-state index contributed by atoms with van der Waals surface area (Å²) in [5.41, 5.74) is 2.52. The van der Waals surface area contributed by atoms with Crippen LogP contribution in [0.3, 0.4) is 0 Å². The number of hydrogen-bond donors (Lipinski definition) is 2. The lowest BCUT2D eigenvalue weighted by Crippen LogP contribution is -2.36. The molecule has 1 aromatic carbocycles. The Morgan fingerprint density at radius 3 is 2.64 bits per heavy atom. The van der Waals surface area contributed by atoms with E-state index < -0.39 is 0 Å². The van der Waals surface area contributed by atoms with Gasteiger partial charge >= 0.3 is 0 Å². The van der Waals surface area contributed by atoms with Crippen molar-refractivity contribution in [3.63, 3.8) is 0 Å². The van der Waals surface area contributed by atoms with Crippen molar-refractivity contribution in [2.75, 3.05) is 7.05 Å². The number of benzene rings is 1. The van der Waals surface area contributed by atoms with Crippen LogP contribution in [0.25, 0.3) is 0 Å². The first-order valence-corrected chi connectivity index (χ1v) is 8.79. The van der Waals surface area contributed by atoms with E-state index in [4.69, 9.17) is 0 Å². The Hall–Kier alpha value is -1.87. The molecule has 2 aromatic heterocycles. The van der Waals surface area contributed by atoms with Gasteiger partial charge in [-0.3, -0.25) is 4.99 Å². The topological polar surface area (TPSA) is 54.2 Å². The van der Waals surface area contributed by atoms with Crippen LogP contribution in [0.2, 0.25) is 0 Å². The highest BCUT2D eigenvalue weighted by molar-refractivity contribution is 14.0. The fraction of sp³-hybridized carbons (Fsp3) is 0.222. The van der Waals surface area contributed by atoms with Gasteiger partial charge in [0.15, 0.2) is 5.96 Å². The second kappa shape index (κ2) is 10.2. The van der Waals surface area contributed by atoms with Crippen LogP contribution >= 0.6 is 35.3 Å². The van der Waals surface area contributed by atoms with Gasteiger partial charge in [-0.2, -0.15) is 11.3 Å². The summed E-state index contributed by atoms with van der Waals surface area (Å²) >= 11 is 1.70. The Labute approximate surface area is 169 Å². The Morgan fingerprint density at radius 2 is 1.92 bits per heavy atom. The van der Waals surface area contributed by atoms with E-state index in [1.807, 2.05) is 18.5 Å². The molecule has 0 spiro atoms.